The Balaban J connectivity index is 2.05. The predicted octanol–water partition coefficient (Wildman–Crippen LogP) is 2.68. The molecule has 0 radical (unpaired) electrons. The van der Waals surface area contributed by atoms with Crippen LogP contribution in [0.3, 0.4) is 0 Å². The van der Waals surface area contributed by atoms with Crippen LogP contribution in [-0.2, 0) is 9.47 Å². The lowest BCUT2D eigenvalue weighted by atomic mass is 10.1. The number of methoxy groups -OCH3 is 2. The lowest BCUT2D eigenvalue weighted by Gasteiger charge is -2.30. The highest BCUT2D eigenvalue weighted by molar-refractivity contribution is 9.10. The summed E-state index contributed by atoms with van der Waals surface area (Å²) in [5, 5.41) is 8.10. The van der Waals surface area contributed by atoms with E-state index >= 15 is 0 Å². The summed E-state index contributed by atoms with van der Waals surface area (Å²) in [5.41, 5.74) is 1.83. The van der Waals surface area contributed by atoms with Crippen LogP contribution in [0.5, 0.6) is 0 Å². The minimum Gasteiger partial charge on any atom is -0.369 e. The molecule has 2 aromatic rings. The van der Waals surface area contributed by atoms with Gasteiger partial charge in [0, 0.05) is 38.7 Å². The molecule has 0 aromatic carbocycles. The zero-order chi connectivity index (χ0) is 14.8. The lowest BCUT2D eigenvalue weighted by molar-refractivity contribution is -0.135. The molecule has 3 rings (SSSR count). The molecule has 0 bridgehead atoms. The fraction of sp³-hybridized carbons (Fsp3) is 0.429. The second-order valence-electron chi connectivity index (χ2n) is 4.82. The van der Waals surface area contributed by atoms with E-state index in [0.717, 1.165) is 34.5 Å². The van der Waals surface area contributed by atoms with E-state index in [9.17, 15) is 0 Å². The zero-order valence-corrected chi connectivity index (χ0v) is 13.5. The highest BCUT2D eigenvalue weighted by Crippen LogP contribution is 2.39. The topological polar surface area (TPSA) is 61.2 Å². The van der Waals surface area contributed by atoms with Crippen LogP contribution in [0.15, 0.2) is 29.0 Å². The van der Waals surface area contributed by atoms with Crippen molar-refractivity contribution in [2.24, 2.45) is 0 Å². The average Bonchev–Trinajstić information content (AvgIpc) is 2.88. The van der Waals surface area contributed by atoms with Crippen molar-refractivity contribution in [3.8, 4) is 11.3 Å². The molecule has 1 N–H and O–H groups in total. The number of hydrogen-bond acceptors (Lipinski definition) is 5. The molecule has 0 amide bonds. The van der Waals surface area contributed by atoms with Crippen molar-refractivity contribution in [1.29, 1.82) is 0 Å². The number of halogens is 1. The third-order valence-corrected chi connectivity index (χ3v) is 4.36. The van der Waals surface area contributed by atoms with Gasteiger partial charge in [0.25, 0.3) is 0 Å². The van der Waals surface area contributed by atoms with Crippen LogP contribution in [-0.4, -0.2) is 41.8 Å². The smallest absolute Gasteiger partial charge is 0.179 e. The minimum absolute atomic E-state index is 0.0398. The zero-order valence-electron chi connectivity index (χ0n) is 11.9. The van der Waals surface area contributed by atoms with Crippen LogP contribution in [0.25, 0.3) is 11.3 Å². The summed E-state index contributed by atoms with van der Waals surface area (Å²) in [6, 6.07) is 3.93. The van der Waals surface area contributed by atoms with Gasteiger partial charge in [0.15, 0.2) is 6.29 Å². The van der Waals surface area contributed by atoms with Gasteiger partial charge in [0.05, 0.1) is 4.47 Å². The Kier molecular flexibility index (Phi) is 4.23. The Morgan fingerprint density at radius 3 is 2.90 bits per heavy atom. The first kappa shape index (κ1) is 14.5. The molecule has 112 valence electrons. The van der Waals surface area contributed by atoms with Crippen molar-refractivity contribution < 1.29 is 9.47 Å². The van der Waals surface area contributed by atoms with E-state index in [2.05, 4.69) is 26.2 Å². The van der Waals surface area contributed by atoms with Gasteiger partial charge < -0.3 is 14.8 Å². The van der Waals surface area contributed by atoms with Gasteiger partial charge in [-0.25, -0.2) is 4.68 Å². The van der Waals surface area contributed by atoms with Crippen molar-refractivity contribution in [3.63, 3.8) is 0 Å². The van der Waals surface area contributed by atoms with Crippen molar-refractivity contribution in [2.75, 3.05) is 26.1 Å². The molecule has 0 saturated heterocycles. The van der Waals surface area contributed by atoms with E-state index in [1.54, 1.807) is 26.6 Å². The molecule has 0 fully saturated rings. The molecule has 7 heteroatoms. The van der Waals surface area contributed by atoms with Crippen LogP contribution in [0.1, 0.15) is 12.5 Å². The number of aromatic nitrogens is 3. The summed E-state index contributed by atoms with van der Waals surface area (Å²) < 4.78 is 13.7. The summed E-state index contributed by atoms with van der Waals surface area (Å²) in [4.78, 5) is 4.15. The number of nitrogens with zero attached hydrogens (tertiary/aromatic N) is 3. The Morgan fingerprint density at radius 2 is 2.24 bits per heavy atom. The monoisotopic (exact) mass is 352 g/mol. The van der Waals surface area contributed by atoms with Gasteiger partial charge in [0.1, 0.15) is 17.6 Å². The highest BCUT2D eigenvalue weighted by atomic mass is 79.9. The average molecular weight is 353 g/mol. The number of ether oxygens (including phenoxy) is 2. The normalized spacial score (nSPS) is 17.6. The second kappa shape index (κ2) is 6.13. The third-order valence-electron chi connectivity index (χ3n) is 3.61. The summed E-state index contributed by atoms with van der Waals surface area (Å²) in [5.74, 6) is 0.948. The van der Waals surface area contributed by atoms with Crippen LogP contribution in [0.4, 0.5) is 5.82 Å². The molecule has 0 saturated carbocycles. The number of nitrogens with one attached hydrogen (secondary N) is 1. The molecule has 1 aliphatic heterocycles. The molecule has 1 atom stereocenters. The largest absolute Gasteiger partial charge is 0.369 e. The van der Waals surface area contributed by atoms with Crippen molar-refractivity contribution in [3.05, 3.63) is 29.0 Å². The first-order chi connectivity index (χ1) is 10.3. The van der Waals surface area contributed by atoms with E-state index < -0.39 is 0 Å². The molecule has 21 heavy (non-hydrogen) atoms. The lowest BCUT2D eigenvalue weighted by Crippen LogP contribution is -2.34. The summed E-state index contributed by atoms with van der Waals surface area (Å²) in [7, 11) is 3.30. The van der Waals surface area contributed by atoms with Crippen LogP contribution in [0.2, 0.25) is 0 Å². The van der Waals surface area contributed by atoms with E-state index in [0.29, 0.717) is 0 Å². The van der Waals surface area contributed by atoms with Gasteiger partial charge in [-0.3, -0.25) is 4.98 Å². The van der Waals surface area contributed by atoms with Gasteiger partial charge in [-0.15, -0.1) is 0 Å². The molecule has 1 unspecified atom stereocenters. The van der Waals surface area contributed by atoms with E-state index in [4.69, 9.17) is 14.6 Å². The minimum atomic E-state index is -0.320. The molecule has 1 aliphatic rings. The third kappa shape index (κ3) is 2.56. The van der Waals surface area contributed by atoms with Crippen molar-refractivity contribution >= 4 is 21.7 Å². The van der Waals surface area contributed by atoms with E-state index in [-0.39, 0.29) is 12.3 Å². The highest BCUT2D eigenvalue weighted by Gasteiger charge is 2.31. The molecule has 6 nitrogen and oxygen atoms in total. The summed E-state index contributed by atoms with van der Waals surface area (Å²) in [6.45, 7) is 0.852. The van der Waals surface area contributed by atoms with Gasteiger partial charge in [-0.1, -0.05) is 0 Å². The van der Waals surface area contributed by atoms with Gasteiger partial charge in [0.2, 0.25) is 0 Å². The first-order valence-electron chi connectivity index (χ1n) is 6.74. The quantitative estimate of drug-likeness (QED) is 0.857. The fourth-order valence-corrected chi connectivity index (χ4v) is 3.25. The van der Waals surface area contributed by atoms with Crippen molar-refractivity contribution in [2.45, 2.75) is 18.8 Å². The maximum atomic E-state index is 5.41. The number of anilines is 1. The van der Waals surface area contributed by atoms with Crippen LogP contribution >= 0.6 is 15.9 Å². The number of pyridine rings is 1. The summed E-state index contributed by atoms with van der Waals surface area (Å²) in [6.07, 6.45) is 4.12. The van der Waals surface area contributed by atoms with Gasteiger partial charge in [-0.05, 0) is 34.5 Å². The first-order valence-corrected chi connectivity index (χ1v) is 7.53. The number of hydrogen-bond donors (Lipinski definition) is 1. The van der Waals surface area contributed by atoms with Crippen LogP contribution in [0, 0.1) is 0 Å². The van der Waals surface area contributed by atoms with E-state index in [1.165, 1.54) is 0 Å². The molecular formula is C14H17BrN4O2. The molecular weight excluding hydrogens is 336 g/mol. The SMILES string of the molecule is COC(OC)C1CCNc2c(Br)c(-c3cccnc3)nn21. The predicted molar refractivity (Wildman–Crippen MR) is 83.1 cm³/mol. The Morgan fingerprint density at radius 1 is 1.43 bits per heavy atom. The second-order valence-corrected chi connectivity index (χ2v) is 5.61. The molecule has 3 heterocycles. The van der Waals surface area contributed by atoms with Gasteiger partial charge in [-0.2, -0.15) is 5.10 Å². The van der Waals surface area contributed by atoms with Crippen LogP contribution < -0.4 is 5.32 Å². The fourth-order valence-electron chi connectivity index (χ4n) is 2.62. The standard InChI is InChI=1S/C14H17BrN4O2/c1-20-14(21-2)10-5-7-17-13-11(15)12(18-19(10)13)9-4-3-6-16-8-9/h3-4,6,8,10,14,17H,5,7H2,1-2H3. The Bertz CT molecular complexity index is 613. The van der Waals surface area contributed by atoms with E-state index in [1.807, 2.05) is 16.8 Å². The Hall–Kier alpha value is -1.44. The number of rotatable bonds is 4. The summed E-state index contributed by atoms with van der Waals surface area (Å²) >= 11 is 3.64. The molecule has 2 aromatic heterocycles. The van der Waals surface area contributed by atoms with Gasteiger partial charge >= 0.3 is 0 Å². The molecule has 0 aliphatic carbocycles. The Labute approximate surface area is 131 Å². The van der Waals surface area contributed by atoms with Crippen molar-refractivity contribution in [1.82, 2.24) is 14.8 Å². The maximum Gasteiger partial charge on any atom is 0.179 e. The molecule has 0 spiro atoms. The maximum absolute atomic E-state index is 5.41. The number of fused-ring (bicyclic) bond motifs is 1.